The predicted molar refractivity (Wildman–Crippen MR) is 105 cm³/mol. The van der Waals surface area contributed by atoms with E-state index in [-0.39, 0.29) is 18.1 Å². The smallest absolute Gasteiger partial charge is 0.228 e. The van der Waals surface area contributed by atoms with Gasteiger partial charge in [-0.15, -0.1) is 11.3 Å². The van der Waals surface area contributed by atoms with Crippen LogP contribution in [0.2, 0.25) is 0 Å². The van der Waals surface area contributed by atoms with Crippen LogP contribution >= 0.6 is 11.3 Å². The summed E-state index contributed by atoms with van der Waals surface area (Å²) >= 11 is 1.50. The van der Waals surface area contributed by atoms with Crippen molar-refractivity contribution in [3.05, 3.63) is 53.3 Å². The number of nitrogens with zero attached hydrogens (tertiary/aromatic N) is 1. The molecule has 0 unspecified atom stereocenters. The molecule has 3 aromatic rings. The molecule has 0 atom stereocenters. The second-order valence-electron chi connectivity index (χ2n) is 5.89. The van der Waals surface area contributed by atoms with E-state index in [1.165, 1.54) is 11.3 Å². The molecule has 0 aliphatic rings. The van der Waals surface area contributed by atoms with Crippen LogP contribution in [0.3, 0.4) is 0 Å². The summed E-state index contributed by atoms with van der Waals surface area (Å²) < 4.78 is 26.3. The third kappa shape index (κ3) is 5.24. The number of aromatic nitrogens is 1. The molecule has 27 heavy (non-hydrogen) atoms. The quantitative estimate of drug-likeness (QED) is 0.551. The summed E-state index contributed by atoms with van der Waals surface area (Å²) in [4.78, 5) is 16.5. The summed E-state index contributed by atoms with van der Waals surface area (Å²) in [6.07, 6.45) is 0.612. The average Bonchev–Trinajstić information content (AvgIpc) is 3.12. The van der Waals surface area contributed by atoms with Gasteiger partial charge in [-0.3, -0.25) is 4.79 Å². The summed E-state index contributed by atoms with van der Waals surface area (Å²) in [7, 11) is 0. The molecule has 0 radical (unpaired) electrons. The van der Waals surface area contributed by atoms with E-state index in [9.17, 15) is 9.18 Å². The number of halogens is 1. The minimum atomic E-state index is -0.498. The van der Waals surface area contributed by atoms with Gasteiger partial charge in [0.25, 0.3) is 0 Å². The highest BCUT2D eigenvalue weighted by Crippen LogP contribution is 2.23. The maximum Gasteiger partial charge on any atom is 0.228 e. The number of hydrogen-bond acceptors (Lipinski definition) is 5. The topological polar surface area (TPSA) is 60.5 Å². The first-order chi connectivity index (χ1) is 13.2. The molecule has 142 valence electrons. The van der Waals surface area contributed by atoms with E-state index in [1.807, 2.05) is 19.1 Å². The number of ether oxygens (including phenoxy) is 2. The lowest BCUT2D eigenvalue weighted by Gasteiger charge is -2.11. The molecule has 0 saturated heterocycles. The van der Waals surface area contributed by atoms with Crippen molar-refractivity contribution in [2.75, 3.05) is 25.1 Å². The molecule has 7 heteroatoms. The summed E-state index contributed by atoms with van der Waals surface area (Å²) in [6.45, 7) is 3.51. The Kier molecular flexibility index (Phi) is 6.73. The van der Waals surface area contributed by atoms with E-state index < -0.39 is 5.82 Å². The molecule has 0 bridgehead atoms. The number of hydrogen-bond donors (Lipinski definition) is 1. The van der Waals surface area contributed by atoms with E-state index in [4.69, 9.17) is 9.47 Å². The van der Waals surface area contributed by atoms with Crippen LogP contribution in [0.15, 0.2) is 41.9 Å². The highest BCUT2D eigenvalue weighted by molar-refractivity contribution is 7.16. The first-order valence-corrected chi connectivity index (χ1v) is 9.66. The van der Waals surface area contributed by atoms with Crippen molar-refractivity contribution in [3.63, 3.8) is 0 Å². The lowest BCUT2D eigenvalue weighted by molar-refractivity contribution is -0.115. The van der Waals surface area contributed by atoms with Gasteiger partial charge in [-0.1, -0.05) is 12.1 Å². The molecular weight excluding hydrogens is 367 g/mol. The molecule has 0 fully saturated rings. The van der Waals surface area contributed by atoms with E-state index in [0.29, 0.717) is 37.5 Å². The van der Waals surface area contributed by atoms with Gasteiger partial charge in [0.15, 0.2) is 11.6 Å². The molecule has 2 aromatic carbocycles. The molecule has 1 aromatic heterocycles. The fourth-order valence-electron chi connectivity index (χ4n) is 2.60. The van der Waals surface area contributed by atoms with Gasteiger partial charge in [0.2, 0.25) is 5.91 Å². The summed E-state index contributed by atoms with van der Waals surface area (Å²) in [5, 5.41) is 2.80. The Balaban J connectivity index is 1.59. The minimum Gasteiger partial charge on any atom is -0.490 e. The minimum absolute atomic E-state index is 0.0668. The van der Waals surface area contributed by atoms with Crippen molar-refractivity contribution in [1.29, 1.82) is 0 Å². The van der Waals surface area contributed by atoms with Gasteiger partial charge >= 0.3 is 0 Å². The third-order valence-electron chi connectivity index (χ3n) is 3.90. The summed E-state index contributed by atoms with van der Waals surface area (Å²) in [5.41, 5.74) is 3.61. The Morgan fingerprint density at radius 3 is 3.00 bits per heavy atom. The number of thiazole rings is 1. The summed E-state index contributed by atoms with van der Waals surface area (Å²) in [5.74, 6) is -0.629. The third-order valence-corrected chi connectivity index (χ3v) is 4.70. The maximum absolute atomic E-state index is 14.6. The molecule has 3 rings (SSSR count). The number of carbonyl (C=O) groups excluding carboxylic acids is 1. The van der Waals surface area contributed by atoms with Crippen LogP contribution in [0.1, 0.15) is 18.9 Å². The number of nitrogens with one attached hydrogen (secondary N) is 1. The van der Waals surface area contributed by atoms with Crippen LogP contribution in [0.25, 0.3) is 10.2 Å². The molecule has 0 spiro atoms. The fourth-order valence-corrected chi connectivity index (χ4v) is 3.32. The lowest BCUT2D eigenvalue weighted by atomic mass is 10.1. The summed E-state index contributed by atoms with van der Waals surface area (Å²) in [6, 6.07) is 10.3. The number of anilines is 1. The van der Waals surface area contributed by atoms with Crippen LogP contribution in [0, 0.1) is 5.82 Å². The Labute approximate surface area is 161 Å². The number of benzene rings is 2. The maximum atomic E-state index is 14.6. The molecule has 1 heterocycles. The van der Waals surface area contributed by atoms with Crippen LogP contribution in [-0.4, -0.2) is 30.7 Å². The van der Waals surface area contributed by atoms with Gasteiger partial charge < -0.3 is 14.8 Å². The Bertz CT molecular complexity index is 913. The molecule has 0 saturated carbocycles. The monoisotopic (exact) mass is 388 g/mol. The fraction of sp³-hybridized carbons (Fsp3) is 0.300. The van der Waals surface area contributed by atoms with Gasteiger partial charge in [-0.25, -0.2) is 9.37 Å². The zero-order valence-corrected chi connectivity index (χ0v) is 15.9. The van der Waals surface area contributed by atoms with E-state index in [1.54, 1.807) is 29.8 Å². The zero-order chi connectivity index (χ0) is 19.1. The number of amides is 1. The zero-order valence-electron chi connectivity index (χ0n) is 15.0. The van der Waals surface area contributed by atoms with Crippen LogP contribution in [0.5, 0.6) is 5.75 Å². The Morgan fingerprint density at radius 1 is 1.26 bits per heavy atom. The molecule has 1 N–H and O–H groups in total. The number of fused-ring (bicyclic) bond motifs is 1. The van der Waals surface area contributed by atoms with Crippen molar-refractivity contribution in [2.24, 2.45) is 0 Å². The van der Waals surface area contributed by atoms with E-state index in [0.717, 1.165) is 10.2 Å². The second-order valence-corrected chi connectivity index (χ2v) is 6.77. The molecule has 1 amide bonds. The SMILES string of the molecule is CCOCCCOc1cccc(CC(=O)Nc2ccc3ncsc3c2)c1F. The second kappa shape index (κ2) is 9.43. The molecule has 5 nitrogen and oxygen atoms in total. The molecular formula is C20H21FN2O3S. The van der Waals surface area contributed by atoms with Gasteiger partial charge in [0, 0.05) is 30.9 Å². The van der Waals surface area contributed by atoms with Crippen molar-refractivity contribution in [2.45, 2.75) is 19.8 Å². The Morgan fingerprint density at radius 2 is 2.15 bits per heavy atom. The highest BCUT2D eigenvalue weighted by Gasteiger charge is 2.13. The lowest BCUT2D eigenvalue weighted by Crippen LogP contribution is -2.15. The molecule has 0 aliphatic carbocycles. The van der Waals surface area contributed by atoms with Gasteiger partial charge in [0.05, 0.1) is 28.8 Å². The number of carbonyl (C=O) groups is 1. The van der Waals surface area contributed by atoms with Crippen molar-refractivity contribution < 1.29 is 18.7 Å². The van der Waals surface area contributed by atoms with Crippen LogP contribution in [-0.2, 0) is 16.0 Å². The largest absolute Gasteiger partial charge is 0.490 e. The Hall–Kier alpha value is -2.51. The van der Waals surface area contributed by atoms with Gasteiger partial charge in [0.1, 0.15) is 0 Å². The predicted octanol–water partition coefficient (Wildman–Crippen LogP) is 4.42. The van der Waals surface area contributed by atoms with Crippen LogP contribution in [0.4, 0.5) is 10.1 Å². The van der Waals surface area contributed by atoms with E-state index >= 15 is 0 Å². The standard InChI is InChI=1S/C20H21FN2O3S/c1-2-25-9-4-10-26-17-6-3-5-14(20(17)21)11-19(24)23-15-7-8-16-18(12-15)27-13-22-16/h3,5-8,12-13H,2,4,9-11H2,1H3,(H,23,24). The highest BCUT2D eigenvalue weighted by atomic mass is 32.1. The van der Waals surface area contributed by atoms with Gasteiger partial charge in [-0.05, 0) is 31.2 Å². The van der Waals surface area contributed by atoms with Crippen molar-refractivity contribution in [3.8, 4) is 5.75 Å². The normalized spacial score (nSPS) is 10.9. The van der Waals surface area contributed by atoms with Crippen LogP contribution < -0.4 is 10.1 Å². The van der Waals surface area contributed by atoms with E-state index in [2.05, 4.69) is 10.3 Å². The first kappa shape index (κ1) is 19.3. The first-order valence-electron chi connectivity index (χ1n) is 8.78. The van der Waals surface area contributed by atoms with Crippen molar-refractivity contribution in [1.82, 2.24) is 4.98 Å². The average molecular weight is 388 g/mol. The molecule has 0 aliphatic heterocycles. The van der Waals surface area contributed by atoms with Gasteiger partial charge in [-0.2, -0.15) is 0 Å². The number of rotatable bonds is 9. The van der Waals surface area contributed by atoms with Crippen molar-refractivity contribution >= 4 is 33.1 Å².